The summed E-state index contributed by atoms with van der Waals surface area (Å²) in [6, 6.07) is 3.38. The van der Waals surface area contributed by atoms with Gasteiger partial charge >= 0.3 is 0 Å². The molecule has 0 bridgehead atoms. The monoisotopic (exact) mass is 414 g/mol. The lowest BCUT2D eigenvalue weighted by Crippen LogP contribution is -2.21. The summed E-state index contributed by atoms with van der Waals surface area (Å²) in [4.78, 5) is 2.26. The molecule has 0 aliphatic rings. The van der Waals surface area contributed by atoms with Crippen molar-refractivity contribution >= 4 is 16.2 Å². The Hall–Kier alpha value is -1.96. The first-order chi connectivity index (χ1) is 13.5. The van der Waals surface area contributed by atoms with E-state index in [0.29, 0.717) is 29.2 Å². The van der Waals surface area contributed by atoms with E-state index in [-0.39, 0.29) is 5.75 Å². The molecule has 0 unspecified atom stereocenters. The molecular weight excluding hydrogens is 380 g/mol. The van der Waals surface area contributed by atoms with E-state index in [1.165, 1.54) is 59.6 Å². The maximum absolute atomic E-state index is 12.0. The van der Waals surface area contributed by atoms with E-state index in [4.69, 9.17) is 14.2 Å². The third kappa shape index (κ3) is 8.82. The molecule has 0 radical (unpaired) electrons. The van der Waals surface area contributed by atoms with Crippen LogP contribution in [0.25, 0.3) is 0 Å². The Morgan fingerprint density at radius 3 is 1.93 bits per heavy atom. The number of nitrogens with one attached hydrogen (secondary N) is 1. The number of sulfonamides is 1. The Morgan fingerprint density at radius 1 is 0.893 bits per heavy atom. The summed E-state index contributed by atoms with van der Waals surface area (Å²) >= 11 is 0. The van der Waals surface area contributed by atoms with Crippen molar-refractivity contribution < 1.29 is 22.6 Å². The number of unbranched alkanes of at least 4 members (excludes halogenated alkanes) is 7. The Balaban J connectivity index is 2.48. The highest BCUT2D eigenvalue weighted by molar-refractivity contribution is 7.89. The molecule has 0 fully saturated rings. The van der Waals surface area contributed by atoms with Crippen LogP contribution in [-0.4, -0.2) is 41.7 Å². The predicted molar refractivity (Wildman–Crippen MR) is 113 cm³/mol. The number of hydrogen-bond acceptors (Lipinski definition) is 6. The third-order valence-corrected chi connectivity index (χ3v) is 5.57. The summed E-state index contributed by atoms with van der Waals surface area (Å²) in [5.41, 5.74) is 0.629. The van der Waals surface area contributed by atoms with Gasteiger partial charge < -0.3 is 14.2 Å². The minimum absolute atomic E-state index is 0.0779. The highest BCUT2D eigenvalue weighted by atomic mass is 32.2. The third-order valence-electron chi connectivity index (χ3n) is 4.36. The van der Waals surface area contributed by atoms with Gasteiger partial charge in [-0.3, -0.25) is 0 Å². The van der Waals surface area contributed by atoms with Gasteiger partial charge in [0.25, 0.3) is 0 Å². The van der Waals surface area contributed by atoms with E-state index in [1.807, 2.05) is 0 Å². The van der Waals surface area contributed by atoms with E-state index >= 15 is 0 Å². The first-order valence-electron chi connectivity index (χ1n) is 9.80. The molecule has 1 N–H and O–H groups in total. The quantitative estimate of drug-likeness (QED) is 0.265. The average molecular weight is 415 g/mol. The van der Waals surface area contributed by atoms with Crippen LogP contribution in [0.5, 0.6) is 17.2 Å². The molecule has 0 aromatic heterocycles. The highest BCUT2D eigenvalue weighted by Gasteiger charge is 2.13. The minimum Gasteiger partial charge on any atom is -0.493 e. The zero-order valence-corrected chi connectivity index (χ0v) is 18.3. The molecule has 1 aromatic rings. The van der Waals surface area contributed by atoms with Gasteiger partial charge in [-0.25, -0.2) is 13.2 Å². The van der Waals surface area contributed by atoms with Crippen molar-refractivity contribution in [3.05, 3.63) is 17.7 Å². The van der Waals surface area contributed by atoms with Gasteiger partial charge in [0, 0.05) is 5.56 Å². The van der Waals surface area contributed by atoms with Gasteiger partial charge in [0.2, 0.25) is 15.8 Å². The lowest BCUT2D eigenvalue weighted by molar-refractivity contribution is 0.324. The van der Waals surface area contributed by atoms with Crippen LogP contribution >= 0.6 is 0 Å². The number of rotatable bonds is 15. The molecule has 1 aromatic carbocycles. The second-order valence-corrected chi connectivity index (χ2v) is 8.42. The topological polar surface area (TPSA) is 86.2 Å². The van der Waals surface area contributed by atoms with Crippen LogP contribution in [0.2, 0.25) is 0 Å². The van der Waals surface area contributed by atoms with Gasteiger partial charge in [-0.05, 0) is 18.6 Å². The number of ether oxygens (including phenoxy) is 3. The molecule has 0 aliphatic carbocycles. The summed E-state index contributed by atoms with van der Waals surface area (Å²) in [6.45, 7) is 2.20. The van der Waals surface area contributed by atoms with Gasteiger partial charge in [0.1, 0.15) is 0 Å². The Kier molecular flexibility index (Phi) is 11.4. The summed E-state index contributed by atoms with van der Waals surface area (Å²) in [5.74, 6) is 1.50. The molecular formula is C20H34N2O5S. The second-order valence-electron chi connectivity index (χ2n) is 6.60. The largest absolute Gasteiger partial charge is 0.493 e. The molecule has 0 heterocycles. The van der Waals surface area contributed by atoms with Crippen molar-refractivity contribution in [1.82, 2.24) is 4.83 Å². The van der Waals surface area contributed by atoms with Crippen molar-refractivity contribution in [3.63, 3.8) is 0 Å². The molecule has 160 valence electrons. The summed E-state index contributed by atoms with van der Waals surface area (Å²) in [5, 5.41) is 3.85. The fraction of sp³-hybridized carbons (Fsp3) is 0.650. The van der Waals surface area contributed by atoms with E-state index in [1.54, 1.807) is 12.1 Å². The maximum atomic E-state index is 12.0. The van der Waals surface area contributed by atoms with Gasteiger partial charge in [-0.1, -0.05) is 51.9 Å². The van der Waals surface area contributed by atoms with Gasteiger partial charge in [0.15, 0.2) is 11.5 Å². The molecule has 0 spiro atoms. The molecule has 0 saturated carbocycles. The number of nitrogens with zero attached hydrogens (tertiary/aromatic N) is 1. The first kappa shape index (κ1) is 24.1. The Morgan fingerprint density at radius 2 is 1.43 bits per heavy atom. The van der Waals surface area contributed by atoms with Gasteiger partial charge in [0.05, 0.1) is 33.3 Å². The zero-order chi connectivity index (χ0) is 20.8. The van der Waals surface area contributed by atoms with Gasteiger partial charge in [-0.2, -0.15) is 5.10 Å². The van der Waals surface area contributed by atoms with Crippen LogP contribution in [0, 0.1) is 0 Å². The van der Waals surface area contributed by atoms with E-state index < -0.39 is 10.0 Å². The molecule has 28 heavy (non-hydrogen) atoms. The molecule has 0 saturated heterocycles. The second kappa shape index (κ2) is 13.3. The van der Waals surface area contributed by atoms with Crippen LogP contribution in [0.15, 0.2) is 17.2 Å². The number of hydrogen-bond donors (Lipinski definition) is 1. The fourth-order valence-corrected chi connectivity index (χ4v) is 3.72. The van der Waals surface area contributed by atoms with E-state index in [0.717, 1.165) is 12.8 Å². The average Bonchev–Trinajstić information content (AvgIpc) is 2.68. The normalized spacial score (nSPS) is 11.6. The van der Waals surface area contributed by atoms with Crippen LogP contribution in [0.1, 0.15) is 63.9 Å². The van der Waals surface area contributed by atoms with Crippen LogP contribution in [0.3, 0.4) is 0 Å². The SMILES string of the molecule is CCCCCCCCCCS(=O)(=O)N/N=C/c1cc(OC)c(OC)c(OC)c1. The molecule has 1 rings (SSSR count). The molecule has 7 nitrogen and oxygen atoms in total. The van der Waals surface area contributed by atoms with Crippen molar-refractivity contribution in [2.75, 3.05) is 27.1 Å². The first-order valence-corrected chi connectivity index (χ1v) is 11.4. The lowest BCUT2D eigenvalue weighted by Gasteiger charge is -2.12. The molecule has 0 atom stereocenters. The summed E-state index contributed by atoms with van der Waals surface area (Å²) in [7, 11) is 1.13. The maximum Gasteiger partial charge on any atom is 0.247 e. The smallest absolute Gasteiger partial charge is 0.247 e. The summed E-state index contributed by atoms with van der Waals surface area (Å²) in [6.07, 6.45) is 10.2. The Labute approximate surface area is 169 Å². The highest BCUT2D eigenvalue weighted by Crippen LogP contribution is 2.37. The number of benzene rings is 1. The van der Waals surface area contributed by atoms with Crippen molar-refractivity contribution in [2.45, 2.75) is 58.3 Å². The van der Waals surface area contributed by atoms with Crippen LogP contribution in [0.4, 0.5) is 0 Å². The van der Waals surface area contributed by atoms with Crippen LogP contribution < -0.4 is 19.0 Å². The van der Waals surface area contributed by atoms with Crippen molar-refractivity contribution in [3.8, 4) is 17.2 Å². The molecule has 0 aliphatic heterocycles. The molecule has 0 amide bonds. The van der Waals surface area contributed by atoms with Crippen LogP contribution in [-0.2, 0) is 10.0 Å². The lowest BCUT2D eigenvalue weighted by atomic mass is 10.1. The fourth-order valence-electron chi connectivity index (χ4n) is 2.83. The Bertz CT molecular complexity index is 680. The number of methoxy groups -OCH3 is 3. The molecule has 8 heteroatoms. The zero-order valence-electron chi connectivity index (χ0n) is 17.5. The van der Waals surface area contributed by atoms with E-state index in [9.17, 15) is 8.42 Å². The summed E-state index contributed by atoms with van der Waals surface area (Å²) < 4.78 is 39.9. The van der Waals surface area contributed by atoms with Crippen molar-refractivity contribution in [1.29, 1.82) is 0 Å². The van der Waals surface area contributed by atoms with Gasteiger partial charge in [-0.15, -0.1) is 0 Å². The number of hydrazone groups is 1. The van der Waals surface area contributed by atoms with E-state index in [2.05, 4.69) is 16.9 Å². The van der Waals surface area contributed by atoms with Crippen molar-refractivity contribution in [2.24, 2.45) is 5.10 Å². The standard InChI is InChI=1S/C20H34N2O5S/c1-5-6-7-8-9-10-11-12-13-28(23,24)22-21-16-17-14-18(25-2)20(27-4)19(15-17)26-3/h14-16,22H,5-13H2,1-4H3/b21-16+. The minimum atomic E-state index is -3.43. The predicted octanol–water partition coefficient (Wildman–Crippen LogP) is 4.11.